The van der Waals surface area contributed by atoms with Gasteiger partial charge in [-0.2, -0.15) is 0 Å². The summed E-state index contributed by atoms with van der Waals surface area (Å²) in [5, 5.41) is 3.37. The van der Waals surface area contributed by atoms with Crippen molar-refractivity contribution in [3.8, 4) is 34.6 Å². The fourth-order valence-corrected chi connectivity index (χ4v) is 7.64. The van der Waals surface area contributed by atoms with E-state index in [1.165, 1.54) is 15.6 Å². The van der Waals surface area contributed by atoms with Gasteiger partial charge in [0.1, 0.15) is 28.5 Å². The van der Waals surface area contributed by atoms with Crippen molar-refractivity contribution in [2.45, 2.75) is 45.6 Å². The van der Waals surface area contributed by atoms with Gasteiger partial charge >= 0.3 is 0 Å². The van der Waals surface area contributed by atoms with Crippen LogP contribution in [0.15, 0.2) is 60.1 Å². The van der Waals surface area contributed by atoms with Crippen LogP contribution >= 0.6 is 11.3 Å². The first-order valence-electron chi connectivity index (χ1n) is 13.7. The van der Waals surface area contributed by atoms with Gasteiger partial charge in [0.25, 0.3) is 0 Å². The van der Waals surface area contributed by atoms with Crippen LogP contribution in [0, 0.1) is 24.7 Å². The molecule has 4 aromatic rings. The average Bonchev–Trinajstić information content (AvgIpc) is 3.39. The highest BCUT2D eigenvalue weighted by molar-refractivity contribution is 7.91. The Labute approximate surface area is 245 Å². The van der Waals surface area contributed by atoms with E-state index in [0.717, 1.165) is 34.3 Å². The van der Waals surface area contributed by atoms with Crippen molar-refractivity contribution in [1.29, 1.82) is 0 Å². The van der Waals surface area contributed by atoms with Gasteiger partial charge in [0.05, 0.1) is 24.0 Å². The second kappa shape index (κ2) is 12.9. The van der Waals surface area contributed by atoms with E-state index < -0.39 is 9.84 Å². The monoisotopic (exact) mass is 587 g/mol. The predicted molar refractivity (Wildman–Crippen MR) is 164 cm³/mol. The number of ether oxygens (including phenoxy) is 2. The van der Waals surface area contributed by atoms with E-state index in [0.29, 0.717) is 38.4 Å². The lowest BCUT2D eigenvalue weighted by Crippen LogP contribution is -2.26. The Morgan fingerprint density at radius 3 is 2.61 bits per heavy atom. The summed E-state index contributed by atoms with van der Waals surface area (Å²) in [5.74, 6) is 7.92. The van der Waals surface area contributed by atoms with Crippen LogP contribution in [0.1, 0.15) is 48.8 Å². The summed E-state index contributed by atoms with van der Waals surface area (Å²) in [6.45, 7) is 4.79. The third-order valence-electron chi connectivity index (χ3n) is 7.48. The number of hydrogen-bond donors (Lipinski definition) is 0. The number of thiophene rings is 1. The van der Waals surface area contributed by atoms with Gasteiger partial charge in [-0.1, -0.05) is 24.1 Å². The Kier molecular flexibility index (Phi) is 9.06. The molecule has 1 unspecified atom stereocenters. The topological polar surface area (TPSA) is 82.6 Å². The van der Waals surface area contributed by atoms with E-state index in [1.807, 2.05) is 18.2 Å². The summed E-state index contributed by atoms with van der Waals surface area (Å²) in [6, 6.07) is 16.3. The Bertz CT molecular complexity index is 1680. The molecule has 1 saturated heterocycles. The van der Waals surface area contributed by atoms with Crippen molar-refractivity contribution in [3.63, 3.8) is 0 Å². The lowest BCUT2D eigenvalue weighted by atomic mass is 9.98. The summed E-state index contributed by atoms with van der Waals surface area (Å²) in [4.78, 5) is 15.4. The number of rotatable bonds is 10. The van der Waals surface area contributed by atoms with Crippen LogP contribution in [0.4, 0.5) is 0 Å². The first kappa shape index (κ1) is 28.8. The van der Waals surface area contributed by atoms with Gasteiger partial charge in [-0.15, -0.1) is 17.3 Å². The van der Waals surface area contributed by atoms with Gasteiger partial charge in [0.15, 0.2) is 0 Å². The molecule has 0 aliphatic carbocycles. The number of carbonyl (C=O) groups excluding carboxylic acids is 1. The van der Waals surface area contributed by atoms with Crippen LogP contribution in [-0.2, 0) is 21.2 Å². The highest BCUT2D eigenvalue weighted by Crippen LogP contribution is 2.37. The predicted octanol–water partition coefficient (Wildman–Crippen LogP) is 6.75. The number of aromatic nitrogens is 1. The number of sulfone groups is 1. The molecule has 0 bridgehead atoms. The zero-order valence-electron chi connectivity index (χ0n) is 23.3. The van der Waals surface area contributed by atoms with Crippen molar-refractivity contribution >= 4 is 37.5 Å². The van der Waals surface area contributed by atoms with Crippen LogP contribution in [0.25, 0.3) is 21.2 Å². The van der Waals surface area contributed by atoms with E-state index >= 15 is 0 Å². The maximum absolute atomic E-state index is 11.7. The highest BCUT2D eigenvalue weighted by atomic mass is 32.2. The number of benzene rings is 2. The van der Waals surface area contributed by atoms with Crippen molar-refractivity contribution in [3.05, 3.63) is 76.8 Å². The lowest BCUT2D eigenvalue weighted by Gasteiger charge is -2.22. The van der Waals surface area contributed by atoms with E-state index in [1.54, 1.807) is 24.5 Å². The molecule has 0 spiro atoms. The minimum absolute atomic E-state index is 0.152. The second-order valence-corrected chi connectivity index (χ2v) is 13.6. The molecule has 5 rings (SSSR count). The summed E-state index contributed by atoms with van der Waals surface area (Å²) in [7, 11) is -2.86. The number of fused-ring (bicyclic) bond motifs is 1. The average molecular weight is 588 g/mol. The maximum atomic E-state index is 11.7. The molecule has 212 valence electrons. The second-order valence-electron chi connectivity index (χ2n) is 10.4. The molecule has 1 atom stereocenters. The van der Waals surface area contributed by atoms with E-state index in [-0.39, 0.29) is 23.3 Å². The first-order valence-corrected chi connectivity index (χ1v) is 16.4. The van der Waals surface area contributed by atoms with Crippen LogP contribution in [0.2, 0.25) is 0 Å². The molecule has 1 fully saturated rings. The quantitative estimate of drug-likeness (QED) is 0.151. The molecule has 3 heterocycles. The van der Waals surface area contributed by atoms with Crippen LogP contribution in [0.3, 0.4) is 0 Å². The van der Waals surface area contributed by atoms with Crippen LogP contribution < -0.4 is 9.47 Å². The Balaban J connectivity index is 1.25. The van der Waals surface area contributed by atoms with E-state index in [9.17, 15) is 13.2 Å². The van der Waals surface area contributed by atoms with Gasteiger partial charge in [-0.3, -0.25) is 0 Å². The number of hydrogen-bond acceptors (Lipinski definition) is 7. The van der Waals surface area contributed by atoms with E-state index in [2.05, 4.69) is 59.5 Å². The van der Waals surface area contributed by atoms with Gasteiger partial charge in [-0.25, -0.2) is 13.4 Å². The van der Waals surface area contributed by atoms with Gasteiger partial charge in [-0.05, 0) is 84.5 Å². The Morgan fingerprint density at radius 1 is 1.07 bits per heavy atom. The van der Waals surface area contributed by atoms with Crippen LogP contribution in [0.5, 0.6) is 11.6 Å². The normalized spacial score (nSPS) is 15.6. The van der Waals surface area contributed by atoms with Gasteiger partial charge < -0.3 is 14.3 Å². The molecule has 8 heteroatoms. The van der Waals surface area contributed by atoms with Gasteiger partial charge in [0, 0.05) is 34.3 Å². The zero-order chi connectivity index (χ0) is 28.8. The first-order chi connectivity index (χ1) is 19.8. The number of aryl methyl sites for hydroxylation is 1. The van der Waals surface area contributed by atoms with Crippen molar-refractivity contribution < 1.29 is 22.7 Å². The van der Waals surface area contributed by atoms with Crippen molar-refractivity contribution in [2.75, 3.05) is 18.1 Å². The third kappa shape index (κ3) is 7.16. The minimum Gasteiger partial charge on any atom is -0.493 e. The standard InChI is InChI=1S/C33H33NO5S2/c1-3-4-26(11-14-35)27-6-10-33(34-19-27)39-21-25-5-9-32-30(18-25)31(22-40-32)29-8-7-28(17-23(29)2)38-20-24-12-15-41(36,37)16-13-24/h5-10,14,17-19,22,24,26H,11-13,15-16,20-21H2,1-2H3. The number of aldehydes is 1. The Morgan fingerprint density at radius 2 is 1.90 bits per heavy atom. The molecule has 1 aliphatic heterocycles. The third-order valence-corrected chi connectivity index (χ3v) is 10.2. The molecular weight excluding hydrogens is 554 g/mol. The highest BCUT2D eigenvalue weighted by Gasteiger charge is 2.24. The van der Waals surface area contributed by atoms with E-state index in [4.69, 9.17) is 9.47 Å². The zero-order valence-corrected chi connectivity index (χ0v) is 24.9. The number of pyridine rings is 1. The molecule has 0 saturated carbocycles. The molecule has 2 aromatic heterocycles. The Hall–Kier alpha value is -3.67. The molecule has 6 nitrogen and oxygen atoms in total. The molecule has 2 aromatic carbocycles. The van der Waals surface area contributed by atoms with Crippen molar-refractivity contribution in [1.82, 2.24) is 4.98 Å². The SMILES string of the molecule is CC#CC(CC=O)c1ccc(OCc2ccc3scc(-c4ccc(OCC5CCS(=O)(=O)CC5)cc4C)c3c2)nc1. The summed E-state index contributed by atoms with van der Waals surface area (Å²) in [6.07, 6.45) is 4.29. The molecule has 0 N–H and O–H groups in total. The van der Waals surface area contributed by atoms with Crippen molar-refractivity contribution in [2.24, 2.45) is 5.92 Å². The van der Waals surface area contributed by atoms with Crippen LogP contribution in [-0.4, -0.2) is 37.8 Å². The molecule has 41 heavy (non-hydrogen) atoms. The largest absolute Gasteiger partial charge is 0.493 e. The minimum atomic E-state index is -2.86. The fraction of sp³-hybridized carbons (Fsp3) is 0.333. The summed E-state index contributed by atoms with van der Waals surface area (Å²) >= 11 is 1.72. The lowest BCUT2D eigenvalue weighted by molar-refractivity contribution is -0.107. The number of carbonyl (C=O) groups is 1. The smallest absolute Gasteiger partial charge is 0.213 e. The van der Waals surface area contributed by atoms with Gasteiger partial charge in [0.2, 0.25) is 5.88 Å². The fourth-order valence-electron chi connectivity index (χ4n) is 5.11. The maximum Gasteiger partial charge on any atom is 0.213 e. The number of nitrogens with zero attached hydrogens (tertiary/aromatic N) is 1. The molecule has 0 amide bonds. The molecule has 1 aliphatic rings. The summed E-state index contributed by atoms with van der Waals surface area (Å²) < 4.78 is 36.6. The molecule has 0 radical (unpaired) electrons. The summed E-state index contributed by atoms with van der Waals surface area (Å²) in [5.41, 5.74) is 5.40. The molecular formula is C33H33NO5S2.